The smallest absolute Gasteiger partial charge is 0.120 e. The Hall–Kier alpha value is -0.470. The first kappa shape index (κ1) is 10.6. The average molecular weight is 262 g/mol. The fourth-order valence-electron chi connectivity index (χ4n) is 0.869. The Morgan fingerprint density at radius 1 is 1.62 bits per heavy atom. The van der Waals surface area contributed by atoms with E-state index in [2.05, 4.69) is 22.5 Å². The molecule has 1 rings (SSSR count). The lowest BCUT2D eigenvalue weighted by molar-refractivity contribution is 0.360. The molecule has 0 amide bonds. The Bertz CT molecular complexity index is 323. The molecule has 0 radical (unpaired) electrons. The van der Waals surface area contributed by atoms with E-state index in [0.717, 1.165) is 20.8 Å². The van der Waals surface area contributed by atoms with Crippen molar-refractivity contribution in [3.63, 3.8) is 0 Å². The van der Waals surface area contributed by atoms with Gasteiger partial charge in [-0.25, -0.2) is 0 Å². The number of halogens is 2. The van der Waals surface area contributed by atoms with Crippen molar-refractivity contribution in [2.45, 2.75) is 6.92 Å². The summed E-state index contributed by atoms with van der Waals surface area (Å²) < 4.78 is 6.22. The molecule has 0 aliphatic rings. The maximum atomic E-state index is 5.86. The van der Waals surface area contributed by atoms with Gasteiger partial charge in [-0.3, -0.25) is 0 Å². The van der Waals surface area contributed by atoms with E-state index in [-0.39, 0.29) is 0 Å². The summed E-state index contributed by atoms with van der Waals surface area (Å²) in [6.45, 7) is 6.09. The second-order valence-electron chi connectivity index (χ2n) is 2.72. The van der Waals surface area contributed by atoms with Crippen LogP contribution < -0.4 is 4.74 Å². The first-order valence-corrected chi connectivity index (χ1v) is 4.99. The van der Waals surface area contributed by atoms with Crippen molar-refractivity contribution < 1.29 is 4.74 Å². The zero-order valence-electron chi connectivity index (χ0n) is 7.31. The van der Waals surface area contributed by atoms with Gasteiger partial charge in [0, 0.05) is 9.51 Å². The highest BCUT2D eigenvalue weighted by atomic mass is 79.9. The molecule has 3 heteroatoms. The van der Waals surface area contributed by atoms with Gasteiger partial charge in [0.2, 0.25) is 0 Å². The van der Waals surface area contributed by atoms with E-state index in [1.54, 1.807) is 0 Å². The van der Waals surface area contributed by atoms with Crippen molar-refractivity contribution in [3.05, 3.63) is 39.8 Å². The van der Waals surface area contributed by atoms with Crippen LogP contribution >= 0.6 is 27.5 Å². The minimum Gasteiger partial charge on any atom is -0.488 e. The number of hydrogen-bond acceptors (Lipinski definition) is 1. The second-order valence-corrected chi connectivity index (χ2v) is 4.25. The van der Waals surface area contributed by atoms with Crippen LogP contribution in [0.25, 0.3) is 0 Å². The van der Waals surface area contributed by atoms with Crippen LogP contribution in [-0.4, -0.2) is 6.61 Å². The van der Waals surface area contributed by atoms with Crippen molar-refractivity contribution in [2.75, 3.05) is 6.61 Å². The summed E-state index contributed by atoms with van der Waals surface area (Å²) in [5.74, 6) is 0.808. The molecule has 1 aromatic rings. The third-order valence-corrected chi connectivity index (χ3v) is 2.18. The highest BCUT2D eigenvalue weighted by Gasteiger charge is 1.98. The highest BCUT2D eigenvalue weighted by Crippen LogP contribution is 2.21. The summed E-state index contributed by atoms with van der Waals surface area (Å²) >= 11 is 9.08. The molecule has 0 N–H and O–H groups in total. The van der Waals surface area contributed by atoms with E-state index in [4.69, 9.17) is 16.3 Å². The summed E-state index contributed by atoms with van der Waals surface area (Å²) in [5.41, 5.74) is 1.01. The zero-order valence-corrected chi connectivity index (χ0v) is 9.65. The van der Waals surface area contributed by atoms with Crippen LogP contribution in [0.1, 0.15) is 5.56 Å². The fraction of sp³-hybridized carbons (Fsp3) is 0.200. The molecule has 0 spiro atoms. The Balaban J connectivity index is 2.68. The van der Waals surface area contributed by atoms with Gasteiger partial charge in [-0.1, -0.05) is 34.1 Å². The van der Waals surface area contributed by atoms with Gasteiger partial charge in [0.05, 0.1) is 0 Å². The molecule has 0 saturated heterocycles. The SMILES string of the molecule is C=C(Br)COc1ccc(Cl)c(C)c1. The lowest BCUT2D eigenvalue weighted by Gasteiger charge is -2.06. The van der Waals surface area contributed by atoms with E-state index < -0.39 is 0 Å². The molecule has 0 fully saturated rings. The van der Waals surface area contributed by atoms with Crippen molar-refractivity contribution in [3.8, 4) is 5.75 Å². The number of rotatable bonds is 3. The van der Waals surface area contributed by atoms with Crippen LogP contribution in [0.3, 0.4) is 0 Å². The minimum absolute atomic E-state index is 0.473. The van der Waals surface area contributed by atoms with Crippen LogP contribution in [0.5, 0.6) is 5.75 Å². The van der Waals surface area contributed by atoms with Crippen molar-refractivity contribution in [1.82, 2.24) is 0 Å². The quantitative estimate of drug-likeness (QED) is 0.801. The van der Waals surface area contributed by atoms with Gasteiger partial charge in [0.15, 0.2) is 0 Å². The zero-order chi connectivity index (χ0) is 9.84. The molecule has 70 valence electrons. The van der Waals surface area contributed by atoms with E-state index in [9.17, 15) is 0 Å². The fourth-order valence-corrected chi connectivity index (χ4v) is 1.10. The molecular formula is C10H10BrClO. The lowest BCUT2D eigenvalue weighted by atomic mass is 10.2. The molecule has 0 atom stereocenters. The molecule has 0 aliphatic carbocycles. The van der Waals surface area contributed by atoms with Crippen molar-refractivity contribution in [1.29, 1.82) is 0 Å². The molecule has 0 aromatic heterocycles. The Kier molecular flexibility index (Phi) is 3.82. The standard InChI is InChI=1S/C10H10BrClO/c1-7-5-9(3-4-10(7)12)13-6-8(2)11/h3-5H,2,6H2,1H3. The van der Waals surface area contributed by atoms with Gasteiger partial charge < -0.3 is 4.74 Å². The average Bonchev–Trinajstić information content (AvgIpc) is 2.07. The molecule has 0 heterocycles. The summed E-state index contributed by atoms with van der Waals surface area (Å²) in [6.07, 6.45) is 0. The number of hydrogen-bond donors (Lipinski definition) is 0. The van der Waals surface area contributed by atoms with Crippen LogP contribution in [-0.2, 0) is 0 Å². The monoisotopic (exact) mass is 260 g/mol. The molecular weight excluding hydrogens is 251 g/mol. The molecule has 13 heavy (non-hydrogen) atoms. The second kappa shape index (κ2) is 4.68. The topological polar surface area (TPSA) is 9.23 Å². The Morgan fingerprint density at radius 3 is 2.85 bits per heavy atom. The van der Waals surface area contributed by atoms with E-state index >= 15 is 0 Å². The summed E-state index contributed by atoms with van der Waals surface area (Å²) in [4.78, 5) is 0. The predicted molar refractivity (Wildman–Crippen MR) is 59.8 cm³/mol. The summed E-state index contributed by atoms with van der Waals surface area (Å²) in [7, 11) is 0. The molecule has 0 bridgehead atoms. The molecule has 0 saturated carbocycles. The van der Waals surface area contributed by atoms with Crippen molar-refractivity contribution in [2.24, 2.45) is 0 Å². The summed E-state index contributed by atoms with van der Waals surface area (Å²) in [5, 5.41) is 0.755. The molecule has 1 nitrogen and oxygen atoms in total. The maximum absolute atomic E-state index is 5.86. The van der Waals surface area contributed by atoms with Gasteiger partial charge in [-0.15, -0.1) is 0 Å². The Labute approximate surface area is 91.5 Å². The van der Waals surface area contributed by atoms with Gasteiger partial charge in [0.25, 0.3) is 0 Å². The number of aryl methyl sites for hydroxylation is 1. The van der Waals surface area contributed by atoms with Gasteiger partial charge in [0.1, 0.15) is 12.4 Å². The minimum atomic E-state index is 0.473. The Morgan fingerprint density at radius 2 is 2.31 bits per heavy atom. The predicted octanol–water partition coefficient (Wildman–Crippen LogP) is 3.94. The third-order valence-electron chi connectivity index (χ3n) is 1.52. The number of benzene rings is 1. The van der Waals surface area contributed by atoms with Gasteiger partial charge in [-0.2, -0.15) is 0 Å². The summed E-state index contributed by atoms with van der Waals surface area (Å²) in [6, 6.07) is 5.56. The van der Waals surface area contributed by atoms with Gasteiger partial charge >= 0.3 is 0 Å². The van der Waals surface area contributed by atoms with Crippen LogP contribution in [0.4, 0.5) is 0 Å². The van der Waals surface area contributed by atoms with Gasteiger partial charge in [-0.05, 0) is 30.7 Å². The largest absolute Gasteiger partial charge is 0.488 e. The van der Waals surface area contributed by atoms with Crippen molar-refractivity contribution >= 4 is 27.5 Å². The van der Waals surface area contributed by atoms with Crippen LogP contribution in [0, 0.1) is 6.92 Å². The third kappa shape index (κ3) is 3.41. The number of ether oxygens (including phenoxy) is 1. The molecule has 1 aromatic carbocycles. The molecule has 0 aliphatic heterocycles. The molecule has 0 unspecified atom stereocenters. The highest BCUT2D eigenvalue weighted by molar-refractivity contribution is 9.11. The lowest BCUT2D eigenvalue weighted by Crippen LogP contribution is -1.95. The van der Waals surface area contributed by atoms with Crippen LogP contribution in [0.2, 0.25) is 5.02 Å². The normalized spacial score (nSPS) is 9.77. The van der Waals surface area contributed by atoms with Crippen LogP contribution in [0.15, 0.2) is 29.3 Å². The van der Waals surface area contributed by atoms with E-state index in [1.165, 1.54) is 0 Å². The maximum Gasteiger partial charge on any atom is 0.120 e. The van der Waals surface area contributed by atoms with E-state index in [0.29, 0.717) is 6.61 Å². The first-order chi connectivity index (χ1) is 6.09. The first-order valence-electron chi connectivity index (χ1n) is 3.82. The van der Waals surface area contributed by atoms with E-state index in [1.807, 2.05) is 25.1 Å².